The van der Waals surface area contributed by atoms with Crippen molar-refractivity contribution in [3.63, 3.8) is 0 Å². The Morgan fingerprint density at radius 1 is 0.971 bits per heavy atom. The first-order valence-electron chi connectivity index (χ1n) is 13.3. The van der Waals surface area contributed by atoms with Crippen molar-refractivity contribution in [3.05, 3.63) is 35.9 Å². The van der Waals surface area contributed by atoms with Gasteiger partial charge < -0.3 is 14.8 Å². The fourth-order valence-corrected chi connectivity index (χ4v) is 3.95. The third kappa shape index (κ3) is 10.3. The number of esters is 1. The van der Waals surface area contributed by atoms with Crippen molar-refractivity contribution in [3.8, 4) is 5.75 Å². The van der Waals surface area contributed by atoms with Crippen LogP contribution < -0.4 is 10.1 Å². The lowest BCUT2D eigenvalue weighted by Crippen LogP contribution is -2.39. The first-order valence-corrected chi connectivity index (χ1v) is 13.3. The highest BCUT2D eigenvalue weighted by atomic mass is 16.5. The van der Waals surface area contributed by atoms with Crippen LogP contribution in [-0.4, -0.2) is 30.6 Å². The molecule has 0 atom stereocenters. The molecule has 0 radical (unpaired) electrons. The van der Waals surface area contributed by atoms with Crippen LogP contribution in [0.3, 0.4) is 0 Å². The second-order valence-corrected chi connectivity index (χ2v) is 10.1. The summed E-state index contributed by atoms with van der Waals surface area (Å²) in [5, 5.41) is 3.08. The fourth-order valence-electron chi connectivity index (χ4n) is 3.95. The van der Waals surface area contributed by atoms with E-state index in [0.29, 0.717) is 0 Å². The zero-order valence-corrected chi connectivity index (χ0v) is 21.7. The quantitative estimate of drug-likeness (QED) is 0.183. The van der Waals surface area contributed by atoms with Gasteiger partial charge in [-0.05, 0) is 76.1 Å². The molecule has 1 fully saturated rings. The van der Waals surface area contributed by atoms with E-state index in [4.69, 9.17) is 9.47 Å². The second kappa shape index (κ2) is 14.9. The molecule has 0 aliphatic heterocycles. The van der Waals surface area contributed by atoms with Crippen molar-refractivity contribution in [1.29, 1.82) is 0 Å². The summed E-state index contributed by atoms with van der Waals surface area (Å²) in [7, 11) is 0. The van der Waals surface area contributed by atoms with Gasteiger partial charge in [0.15, 0.2) is 0 Å². The van der Waals surface area contributed by atoms with Gasteiger partial charge in [-0.2, -0.15) is 0 Å². The van der Waals surface area contributed by atoms with Crippen LogP contribution in [0, 0.1) is 5.41 Å². The van der Waals surface area contributed by atoms with Crippen LogP contribution >= 0.6 is 0 Å². The van der Waals surface area contributed by atoms with Gasteiger partial charge in [-0.1, -0.05) is 58.1 Å². The largest absolute Gasteiger partial charge is 0.494 e. The van der Waals surface area contributed by atoms with Gasteiger partial charge in [-0.15, -0.1) is 0 Å². The lowest BCUT2D eigenvalue weighted by molar-refractivity contribution is -0.161. The summed E-state index contributed by atoms with van der Waals surface area (Å²) in [6.45, 7) is 8.83. The highest BCUT2D eigenvalue weighted by Gasteiger charge is 2.31. The molecule has 1 aliphatic rings. The third-order valence-electron chi connectivity index (χ3n) is 6.80. The van der Waals surface area contributed by atoms with Gasteiger partial charge in [0.1, 0.15) is 11.9 Å². The Morgan fingerprint density at radius 3 is 2.26 bits per heavy atom. The molecule has 1 N–H and O–H groups in total. The highest BCUT2D eigenvalue weighted by molar-refractivity contribution is 5.91. The number of rotatable bonds is 14. The zero-order valence-electron chi connectivity index (χ0n) is 21.7. The molecule has 2 rings (SSSR count). The molecule has 5 heteroatoms. The van der Waals surface area contributed by atoms with Crippen molar-refractivity contribution >= 4 is 18.0 Å². The number of nitrogens with one attached hydrogen (secondary N) is 1. The number of unbranched alkanes of at least 4 members (excludes halogenated alkanes) is 5. The fraction of sp³-hybridized carbons (Fsp3) is 0.655. The Kier molecular flexibility index (Phi) is 12.2. The van der Waals surface area contributed by atoms with E-state index in [-0.39, 0.29) is 24.0 Å². The maximum atomic E-state index is 12.3. The molecule has 0 heterocycles. The molecule has 0 bridgehead atoms. The average Bonchev–Trinajstić information content (AvgIpc) is 2.84. The van der Waals surface area contributed by atoms with E-state index in [9.17, 15) is 9.59 Å². The van der Waals surface area contributed by atoms with Gasteiger partial charge in [0.2, 0.25) is 5.91 Å². The molecule has 34 heavy (non-hydrogen) atoms. The molecule has 1 saturated carbocycles. The molecular formula is C29H45NO4. The number of carbonyl (C=O) groups excluding carboxylic acids is 2. The molecular weight excluding hydrogens is 426 g/mol. The summed E-state index contributed by atoms with van der Waals surface area (Å²) in [4.78, 5) is 24.6. The Labute approximate surface area is 206 Å². The first-order chi connectivity index (χ1) is 16.3. The second-order valence-electron chi connectivity index (χ2n) is 10.1. The van der Waals surface area contributed by atoms with E-state index in [0.717, 1.165) is 56.4 Å². The van der Waals surface area contributed by atoms with E-state index < -0.39 is 5.41 Å². The molecule has 1 amide bonds. The molecule has 5 nitrogen and oxygen atoms in total. The molecule has 0 saturated heterocycles. The Balaban J connectivity index is 1.65. The summed E-state index contributed by atoms with van der Waals surface area (Å²) in [5.41, 5.74) is 0.532. The van der Waals surface area contributed by atoms with Crippen molar-refractivity contribution in [2.24, 2.45) is 5.41 Å². The van der Waals surface area contributed by atoms with Crippen LogP contribution in [-0.2, 0) is 14.3 Å². The van der Waals surface area contributed by atoms with Crippen LogP contribution in [0.25, 0.3) is 6.08 Å². The summed E-state index contributed by atoms with van der Waals surface area (Å²) >= 11 is 0. The van der Waals surface area contributed by atoms with Crippen LogP contribution in [0.4, 0.5) is 0 Å². The van der Waals surface area contributed by atoms with Gasteiger partial charge in [0, 0.05) is 12.1 Å². The molecule has 1 aliphatic carbocycles. The van der Waals surface area contributed by atoms with Crippen molar-refractivity contribution in [1.82, 2.24) is 5.32 Å². The molecule has 0 spiro atoms. The lowest BCUT2D eigenvalue weighted by Gasteiger charge is -2.31. The molecule has 0 unspecified atom stereocenters. The van der Waals surface area contributed by atoms with Gasteiger partial charge in [-0.3, -0.25) is 9.59 Å². The summed E-state index contributed by atoms with van der Waals surface area (Å²) < 4.78 is 11.5. The number of amides is 1. The number of ether oxygens (including phenoxy) is 2. The van der Waals surface area contributed by atoms with Crippen LogP contribution in [0.5, 0.6) is 5.75 Å². The maximum Gasteiger partial charge on any atom is 0.311 e. The van der Waals surface area contributed by atoms with Gasteiger partial charge in [0.05, 0.1) is 12.0 Å². The Hall–Kier alpha value is -2.30. The third-order valence-corrected chi connectivity index (χ3v) is 6.80. The monoisotopic (exact) mass is 471 g/mol. The smallest absolute Gasteiger partial charge is 0.311 e. The number of benzene rings is 1. The van der Waals surface area contributed by atoms with E-state index in [1.165, 1.54) is 32.1 Å². The molecule has 1 aromatic rings. The van der Waals surface area contributed by atoms with Gasteiger partial charge >= 0.3 is 5.97 Å². The predicted molar refractivity (Wildman–Crippen MR) is 139 cm³/mol. The molecule has 1 aromatic carbocycles. The molecule has 0 aromatic heterocycles. The lowest BCUT2D eigenvalue weighted by atomic mass is 9.89. The van der Waals surface area contributed by atoms with Crippen molar-refractivity contribution < 1.29 is 19.1 Å². The highest BCUT2D eigenvalue weighted by Crippen LogP contribution is 2.27. The van der Waals surface area contributed by atoms with E-state index in [1.807, 2.05) is 51.1 Å². The van der Waals surface area contributed by atoms with E-state index in [1.54, 1.807) is 6.08 Å². The summed E-state index contributed by atoms with van der Waals surface area (Å²) in [5.74, 6) is 0.662. The first kappa shape index (κ1) is 27.9. The topological polar surface area (TPSA) is 64.6 Å². The zero-order chi connectivity index (χ0) is 24.8. The van der Waals surface area contributed by atoms with Crippen molar-refractivity contribution in [2.75, 3.05) is 6.61 Å². The standard InChI is InChI=1S/C29H45NO4/c1-5-7-8-9-10-11-22-33-25-17-12-23(13-18-25)14-21-27(31)30-24-15-19-26(20-16-24)34-28(32)29(3,4)6-2/h12-14,17-18,21,24,26H,5-11,15-16,19-20,22H2,1-4H3,(H,30,31)/b21-14+/t24-,26-. The van der Waals surface area contributed by atoms with Gasteiger partial charge in [0.25, 0.3) is 0 Å². The number of carbonyl (C=O) groups is 2. The van der Waals surface area contributed by atoms with Crippen LogP contribution in [0.2, 0.25) is 0 Å². The maximum absolute atomic E-state index is 12.3. The average molecular weight is 472 g/mol. The summed E-state index contributed by atoms with van der Waals surface area (Å²) in [6.07, 6.45) is 14.9. The summed E-state index contributed by atoms with van der Waals surface area (Å²) in [6, 6.07) is 7.98. The van der Waals surface area contributed by atoms with Crippen LogP contribution in [0.1, 0.15) is 104 Å². The minimum Gasteiger partial charge on any atom is -0.494 e. The molecule has 190 valence electrons. The predicted octanol–water partition coefficient (Wildman–Crippen LogP) is 6.85. The Bertz CT molecular complexity index is 761. The number of hydrogen-bond donors (Lipinski definition) is 1. The minimum atomic E-state index is -0.436. The van der Waals surface area contributed by atoms with Crippen molar-refractivity contribution in [2.45, 2.75) is 110 Å². The van der Waals surface area contributed by atoms with E-state index >= 15 is 0 Å². The SMILES string of the molecule is CCCCCCCCOc1ccc(/C=C/C(=O)N[C@H]2CC[C@H](OC(=O)C(C)(C)CC)CC2)cc1. The van der Waals surface area contributed by atoms with E-state index in [2.05, 4.69) is 12.2 Å². The normalized spacial score (nSPS) is 18.6. The van der Waals surface area contributed by atoms with Gasteiger partial charge in [-0.25, -0.2) is 0 Å². The minimum absolute atomic E-state index is 0.0381. The van der Waals surface area contributed by atoms with Crippen LogP contribution in [0.15, 0.2) is 30.3 Å². The number of hydrogen-bond acceptors (Lipinski definition) is 4. The Morgan fingerprint density at radius 2 is 1.62 bits per heavy atom.